The van der Waals surface area contributed by atoms with Crippen LogP contribution in [0, 0.1) is 5.41 Å². The molecule has 0 aromatic rings. The van der Waals surface area contributed by atoms with Crippen LogP contribution in [-0.2, 0) is 4.79 Å². The van der Waals surface area contributed by atoms with E-state index in [0.717, 1.165) is 51.6 Å². The summed E-state index contributed by atoms with van der Waals surface area (Å²) in [5.41, 5.74) is 5.21. The van der Waals surface area contributed by atoms with Crippen LogP contribution in [0.2, 0.25) is 0 Å². The standard InChI is InChI=1S/C13H25N3OS/c1-16(2)10-6-5-9-15-12(17)13(11(14)18)7-3-4-8-13/h3-10H2,1-2H3,(H2,14,18)(H,15,17). The fourth-order valence-corrected chi connectivity index (χ4v) is 2.78. The highest BCUT2D eigenvalue weighted by atomic mass is 32.1. The Hall–Kier alpha value is -0.680. The monoisotopic (exact) mass is 271 g/mol. The molecule has 0 aliphatic heterocycles. The van der Waals surface area contributed by atoms with Crippen LogP contribution >= 0.6 is 12.2 Å². The molecule has 1 amide bonds. The fraction of sp³-hybridized carbons (Fsp3) is 0.846. The molecule has 0 saturated heterocycles. The third kappa shape index (κ3) is 3.92. The Morgan fingerprint density at radius 2 is 1.94 bits per heavy atom. The van der Waals surface area contributed by atoms with E-state index in [9.17, 15) is 4.79 Å². The molecular weight excluding hydrogens is 246 g/mol. The number of carbonyl (C=O) groups is 1. The number of nitrogens with one attached hydrogen (secondary N) is 1. The predicted molar refractivity (Wildman–Crippen MR) is 78.5 cm³/mol. The molecule has 0 radical (unpaired) electrons. The maximum Gasteiger partial charge on any atom is 0.233 e. The maximum absolute atomic E-state index is 12.2. The molecule has 0 atom stereocenters. The van der Waals surface area contributed by atoms with Crippen molar-refractivity contribution in [1.82, 2.24) is 10.2 Å². The van der Waals surface area contributed by atoms with Crippen molar-refractivity contribution < 1.29 is 4.79 Å². The van der Waals surface area contributed by atoms with Crippen molar-refractivity contribution in [3.63, 3.8) is 0 Å². The summed E-state index contributed by atoms with van der Waals surface area (Å²) in [5.74, 6) is 0.0392. The maximum atomic E-state index is 12.2. The van der Waals surface area contributed by atoms with Crippen molar-refractivity contribution in [3.05, 3.63) is 0 Å². The van der Waals surface area contributed by atoms with Gasteiger partial charge in [-0.15, -0.1) is 0 Å². The van der Waals surface area contributed by atoms with Gasteiger partial charge in [0.1, 0.15) is 0 Å². The highest BCUT2D eigenvalue weighted by Gasteiger charge is 2.43. The van der Waals surface area contributed by atoms with Gasteiger partial charge in [0.05, 0.1) is 10.4 Å². The zero-order valence-corrected chi connectivity index (χ0v) is 12.3. The first kappa shape index (κ1) is 15.4. The van der Waals surface area contributed by atoms with Gasteiger partial charge in [-0.25, -0.2) is 0 Å². The Labute approximate surface area is 115 Å². The molecular formula is C13H25N3OS. The number of unbranched alkanes of at least 4 members (excludes halogenated alkanes) is 1. The van der Waals surface area contributed by atoms with Crippen molar-refractivity contribution >= 4 is 23.1 Å². The van der Waals surface area contributed by atoms with Gasteiger partial charge in [-0.2, -0.15) is 0 Å². The van der Waals surface area contributed by atoms with E-state index in [1.54, 1.807) is 0 Å². The summed E-state index contributed by atoms with van der Waals surface area (Å²) in [4.78, 5) is 14.7. The number of nitrogens with zero attached hydrogens (tertiary/aromatic N) is 1. The quantitative estimate of drug-likeness (QED) is 0.541. The predicted octanol–water partition coefficient (Wildman–Crippen LogP) is 1.29. The normalized spacial score (nSPS) is 17.9. The molecule has 3 N–H and O–H groups in total. The minimum atomic E-state index is -0.559. The zero-order valence-electron chi connectivity index (χ0n) is 11.5. The lowest BCUT2D eigenvalue weighted by atomic mass is 9.85. The minimum absolute atomic E-state index is 0.0392. The molecule has 0 heterocycles. The van der Waals surface area contributed by atoms with Crippen molar-refractivity contribution in [2.24, 2.45) is 11.1 Å². The van der Waals surface area contributed by atoms with Crippen molar-refractivity contribution in [2.45, 2.75) is 38.5 Å². The van der Waals surface area contributed by atoms with Gasteiger partial charge in [-0.3, -0.25) is 4.79 Å². The van der Waals surface area contributed by atoms with Crippen molar-refractivity contribution in [2.75, 3.05) is 27.2 Å². The number of carbonyl (C=O) groups excluding carboxylic acids is 1. The summed E-state index contributed by atoms with van der Waals surface area (Å²) in [6, 6.07) is 0. The molecule has 1 aliphatic rings. The number of nitrogens with two attached hydrogens (primary N) is 1. The van der Waals surface area contributed by atoms with Gasteiger partial charge < -0.3 is 16.0 Å². The van der Waals surface area contributed by atoms with Crippen LogP contribution in [0.5, 0.6) is 0 Å². The Morgan fingerprint density at radius 3 is 2.44 bits per heavy atom. The molecule has 1 saturated carbocycles. The van der Waals surface area contributed by atoms with Gasteiger partial charge in [0.25, 0.3) is 0 Å². The summed E-state index contributed by atoms with van der Waals surface area (Å²) < 4.78 is 0. The van der Waals surface area contributed by atoms with E-state index < -0.39 is 5.41 Å². The minimum Gasteiger partial charge on any atom is -0.392 e. The van der Waals surface area contributed by atoms with Crippen LogP contribution < -0.4 is 11.1 Å². The first-order valence-corrected chi connectivity index (χ1v) is 7.13. The molecule has 1 fully saturated rings. The Balaban J connectivity index is 2.33. The lowest BCUT2D eigenvalue weighted by Crippen LogP contribution is -2.47. The molecule has 0 aromatic heterocycles. The highest BCUT2D eigenvalue weighted by Crippen LogP contribution is 2.38. The van der Waals surface area contributed by atoms with Gasteiger partial charge in [0, 0.05) is 6.54 Å². The Bertz CT molecular complexity index is 299. The molecule has 1 aliphatic carbocycles. The van der Waals surface area contributed by atoms with Crippen molar-refractivity contribution in [3.8, 4) is 0 Å². The smallest absolute Gasteiger partial charge is 0.233 e. The van der Waals surface area contributed by atoms with E-state index in [2.05, 4.69) is 24.3 Å². The first-order valence-electron chi connectivity index (χ1n) is 6.72. The number of rotatable bonds is 7. The summed E-state index contributed by atoms with van der Waals surface area (Å²) in [5, 5.41) is 3.00. The van der Waals surface area contributed by atoms with Gasteiger partial charge in [0.15, 0.2) is 0 Å². The van der Waals surface area contributed by atoms with E-state index >= 15 is 0 Å². The van der Waals surface area contributed by atoms with Gasteiger partial charge in [0.2, 0.25) is 5.91 Å². The summed E-state index contributed by atoms with van der Waals surface area (Å²) in [7, 11) is 4.11. The third-order valence-corrected chi connectivity index (χ3v) is 4.07. The lowest BCUT2D eigenvalue weighted by Gasteiger charge is -2.26. The van der Waals surface area contributed by atoms with E-state index in [0.29, 0.717) is 4.99 Å². The van der Waals surface area contributed by atoms with E-state index in [-0.39, 0.29) is 5.91 Å². The molecule has 5 heteroatoms. The average molecular weight is 271 g/mol. The number of hydrogen-bond acceptors (Lipinski definition) is 3. The topological polar surface area (TPSA) is 58.4 Å². The zero-order chi connectivity index (χ0) is 13.6. The summed E-state index contributed by atoms with van der Waals surface area (Å²) in [6.07, 6.45) is 5.80. The summed E-state index contributed by atoms with van der Waals surface area (Å²) in [6.45, 7) is 1.77. The van der Waals surface area contributed by atoms with Gasteiger partial charge in [-0.1, -0.05) is 25.1 Å². The van der Waals surface area contributed by atoms with Crippen LogP contribution in [0.25, 0.3) is 0 Å². The van der Waals surface area contributed by atoms with Gasteiger partial charge >= 0.3 is 0 Å². The summed E-state index contributed by atoms with van der Waals surface area (Å²) >= 11 is 5.09. The molecule has 0 aromatic carbocycles. The van der Waals surface area contributed by atoms with Crippen LogP contribution in [-0.4, -0.2) is 43.0 Å². The Kier molecular flexibility index (Phi) is 6.02. The third-order valence-electron chi connectivity index (χ3n) is 3.68. The second-order valence-electron chi connectivity index (χ2n) is 5.42. The van der Waals surface area contributed by atoms with E-state index in [1.165, 1.54) is 0 Å². The molecule has 18 heavy (non-hydrogen) atoms. The van der Waals surface area contributed by atoms with Crippen molar-refractivity contribution in [1.29, 1.82) is 0 Å². The molecule has 4 nitrogen and oxygen atoms in total. The van der Waals surface area contributed by atoms with Crippen LogP contribution in [0.1, 0.15) is 38.5 Å². The largest absolute Gasteiger partial charge is 0.392 e. The number of hydrogen-bond donors (Lipinski definition) is 2. The van der Waals surface area contributed by atoms with Crippen LogP contribution in [0.4, 0.5) is 0 Å². The first-order chi connectivity index (χ1) is 8.49. The molecule has 0 unspecified atom stereocenters. The number of thiocarbonyl (C=S) groups is 1. The van der Waals surface area contributed by atoms with E-state index in [4.69, 9.17) is 18.0 Å². The van der Waals surface area contributed by atoms with E-state index in [1.807, 2.05) is 0 Å². The Morgan fingerprint density at radius 1 is 1.33 bits per heavy atom. The molecule has 104 valence electrons. The second-order valence-corrected chi connectivity index (χ2v) is 5.86. The molecule has 0 bridgehead atoms. The average Bonchev–Trinajstić information content (AvgIpc) is 2.78. The number of amides is 1. The van der Waals surface area contributed by atoms with Crippen LogP contribution in [0.3, 0.4) is 0 Å². The fourth-order valence-electron chi connectivity index (χ4n) is 2.49. The molecule has 0 spiro atoms. The molecule has 1 rings (SSSR count). The second kappa shape index (κ2) is 7.04. The van der Waals surface area contributed by atoms with Crippen LogP contribution in [0.15, 0.2) is 0 Å². The lowest BCUT2D eigenvalue weighted by molar-refractivity contribution is -0.127. The highest BCUT2D eigenvalue weighted by molar-refractivity contribution is 7.80. The SMILES string of the molecule is CN(C)CCCCNC(=O)C1(C(N)=S)CCCC1. The van der Waals surface area contributed by atoms with Gasteiger partial charge in [-0.05, 0) is 46.3 Å².